The first-order valence-corrected chi connectivity index (χ1v) is 30.7. The third-order valence-corrected chi connectivity index (χ3v) is 18.0. The van der Waals surface area contributed by atoms with Crippen molar-refractivity contribution in [3.63, 3.8) is 0 Å². The molecule has 22 heteroatoms. The second kappa shape index (κ2) is 26.3. The number of piperidine rings is 2. The Bertz CT molecular complexity index is 3360. The lowest BCUT2D eigenvalue weighted by molar-refractivity contribution is -0.133. The zero-order chi connectivity index (χ0) is 62.5. The zero-order valence-corrected chi connectivity index (χ0v) is 53.6. The first-order valence-electron chi connectivity index (χ1n) is 29.9. The number of carbonyl (C=O) groups excluding carboxylic acids is 5. The van der Waals surface area contributed by atoms with Gasteiger partial charge in [0.2, 0.25) is 11.8 Å². The number of benzene rings is 4. The lowest BCUT2D eigenvalue weighted by atomic mass is 9.82. The van der Waals surface area contributed by atoms with Gasteiger partial charge < -0.3 is 43.1 Å². The maximum atomic E-state index is 13.8. The quantitative estimate of drug-likeness (QED) is 0.114. The van der Waals surface area contributed by atoms with Crippen LogP contribution in [0.2, 0.25) is 0 Å². The van der Waals surface area contributed by atoms with Crippen molar-refractivity contribution in [3.05, 3.63) is 137 Å². The Morgan fingerprint density at radius 1 is 0.655 bits per heavy atom. The molecule has 1 N–H and O–H groups in total. The Morgan fingerprint density at radius 3 is 1.53 bits per heavy atom. The van der Waals surface area contributed by atoms with Gasteiger partial charge in [-0.2, -0.15) is 14.9 Å². The van der Waals surface area contributed by atoms with E-state index in [0.29, 0.717) is 70.7 Å². The summed E-state index contributed by atoms with van der Waals surface area (Å²) >= 11 is 3.47. The molecule has 0 saturated carbocycles. The molecule has 5 aliphatic rings. The number of nitrogens with zero attached hydrogens (tertiary/aromatic N) is 9. The van der Waals surface area contributed by atoms with Gasteiger partial charge in [-0.25, -0.2) is 14.4 Å². The number of rotatable bonds is 12. The number of urea groups is 2. The molecule has 0 unspecified atom stereocenters. The first-order chi connectivity index (χ1) is 41.4. The van der Waals surface area contributed by atoms with E-state index in [1.165, 1.54) is 0 Å². The van der Waals surface area contributed by atoms with Crippen molar-refractivity contribution in [1.82, 2.24) is 39.6 Å². The van der Waals surface area contributed by atoms with Crippen LogP contribution < -0.4 is 24.7 Å². The predicted molar refractivity (Wildman–Crippen MR) is 338 cm³/mol. The summed E-state index contributed by atoms with van der Waals surface area (Å²) < 4.78 is 30.0. The molecule has 462 valence electrons. The molecule has 5 fully saturated rings. The third kappa shape index (κ3) is 14.3. The van der Waals surface area contributed by atoms with Gasteiger partial charge in [0.15, 0.2) is 0 Å². The predicted octanol–water partition coefficient (Wildman–Crippen LogP) is 10.9. The number of halogens is 1. The minimum Gasteiger partial charge on any atom is -0.497 e. The number of anilines is 2. The number of aromatic nitrogens is 4. The lowest BCUT2D eigenvalue weighted by Gasteiger charge is -2.43. The number of amides is 6. The van der Waals surface area contributed by atoms with Crippen LogP contribution in [0.15, 0.2) is 126 Å². The van der Waals surface area contributed by atoms with Gasteiger partial charge in [-0.3, -0.25) is 24.5 Å². The highest BCUT2D eigenvalue weighted by molar-refractivity contribution is 9.10. The van der Waals surface area contributed by atoms with Crippen LogP contribution in [-0.2, 0) is 36.7 Å². The summed E-state index contributed by atoms with van der Waals surface area (Å²) in [5.41, 5.74) is 4.56. The smallest absolute Gasteiger partial charge is 0.497 e. The van der Waals surface area contributed by atoms with E-state index in [9.17, 15) is 24.0 Å². The fourth-order valence-corrected chi connectivity index (χ4v) is 12.0. The van der Waals surface area contributed by atoms with Crippen LogP contribution in [0.25, 0.3) is 11.1 Å². The average molecular weight is 1250 g/mol. The van der Waals surface area contributed by atoms with Crippen molar-refractivity contribution in [2.75, 3.05) is 63.3 Å². The second-order valence-corrected chi connectivity index (χ2v) is 25.7. The van der Waals surface area contributed by atoms with Crippen molar-refractivity contribution in [1.29, 1.82) is 0 Å². The van der Waals surface area contributed by atoms with Crippen LogP contribution in [0.1, 0.15) is 112 Å². The van der Waals surface area contributed by atoms with E-state index in [1.807, 2.05) is 195 Å². The van der Waals surface area contributed by atoms with Gasteiger partial charge >= 0.3 is 25.3 Å². The summed E-state index contributed by atoms with van der Waals surface area (Å²) in [7, 11) is 2.76. The first kappa shape index (κ1) is 63.8. The van der Waals surface area contributed by atoms with Gasteiger partial charge in [0.05, 0.1) is 55.8 Å². The summed E-state index contributed by atoms with van der Waals surface area (Å²) in [6.07, 6.45) is 10.4. The van der Waals surface area contributed by atoms with E-state index in [1.54, 1.807) is 32.8 Å². The molecule has 0 aliphatic carbocycles. The number of hydrogen-bond donors (Lipinski definition) is 1. The van der Waals surface area contributed by atoms with E-state index in [4.69, 9.17) is 23.5 Å². The largest absolute Gasteiger partial charge is 0.498 e. The molecule has 0 radical (unpaired) electrons. The summed E-state index contributed by atoms with van der Waals surface area (Å²) in [4.78, 5) is 75.6. The highest BCUT2D eigenvalue weighted by Gasteiger charge is 2.54. The van der Waals surface area contributed by atoms with Crippen LogP contribution in [0.5, 0.6) is 11.5 Å². The van der Waals surface area contributed by atoms with E-state index >= 15 is 0 Å². The standard InChI is InChI=1S/C27H31N5O3.C24H28BrN3O3.C14H23BN2O4/c1-3-25(33)30-13-11-27(12-14-30)19-31(23-9-7-21(8-10-23)22-16-28-29-17-22)26(34)32(27)18-20-5-4-6-24(15-20)35-2;1-3-22(29)26-13-11-24(12-14-26)17-27(20-9-7-19(25)8-10-20)23(30)28(24)16-18-5-4-6-21(15-18)31-2;1-12(2,3)19-11(18)17-9-10(8-16-17)15-20-13(4,5)14(6,7)21-15/h4-10,15-17H,3,11-14,18-19H2,1-2H3,(H,28,29);4-10,15H,3,11-14,16-17H2,1-2H3;8-9H,1-7H3. The molecule has 2 spiro atoms. The number of carbonyl (C=O) groups is 5. The minimum atomic E-state index is -0.562. The number of aromatic amines is 1. The van der Waals surface area contributed by atoms with Gasteiger partial charge in [-0.1, -0.05) is 66.2 Å². The molecular formula is C65H82BBrN10O10. The lowest BCUT2D eigenvalue weighted by Crippen LogP contribution is -2.55. The van der Waals surface area contributed by atoms with Crippen molar-refractivity contribution in [2.24, 2.45) is 0 Å². The van der Waals surface area contributed by atoms with Crippen LogP contribution in [0.4, 0.5) is 25.8 Å². The fourth-order valence-electron chi connectivity index (χ4n) is 11.7. The van der Waals surface area contributed by atoms with Crippen LogP contribution >= 0.6 is 15.9 Å². The molecule has 0 atom stereocenters. The number of ether oxygens (including phenoxy) is 3. The summed E-state index contributed by atoms with van der Waals surface area (Å²) in [6.45, 7) is 22.1. The van der Waals surface area contributed by atoms with Crippen molar-refractivity contribution in [3.8, 4) is 22.6 Å². The monoisotopic (exact) mass is 1250 g/mol. The molecule has 11 rings (SSSR count). The molecule has 4 aromatic carbocycles. The summed E-state index contributed by atoms with van der Waals surface area (Å²) in [5, 5.41) is 10.9. The summed E-state index contributed by atoms with van der Waals surface area (Å²) in [6, 6.07) is 31.7. The number of methoxy groups -OCH3 is 2. The maximum Gasteiger partial charge on any atom is 0.498 e. The van der Waals surface area contributed by atoms with E-state index < -0.39 is 30.0 Å². The number of hydrogen-bond acceptors (Lipinski definition) is 12. The molecule has 6 aromatic rings. The van der Waals surface area contributed by atoms with Crippen molar-refractivity contribution >= 4 is 69.9 Å². The minimum absolute atomic E-state index is 0.000788. The van der Waals surface area contributed by atoms with Crippen molar-refractivity contribution < 1.29 is 47.5 Å². The molecule has 6 amide bonds. The molecule has 87 heavy (non-hydrogen) atoms. The van der Waals surface area contributed by atoms with E-state index in [2.05, 4.69) is 31.2 Å². The van der Waals surface area contributed by atoms with Gasteiger partial charge in [0.25, 0.3) is 0 Å². The number of likely N-dealkylation sites (tertiary alicyclic amines) is 2. The van der Waals surface area contributed by atoms with Gasteiger partial charge in [-0.05, 0) is 152 Å². The van der Waals surface area contributed by atoms with E-state index in [0.717, 1.165) is 80.0 Å². The molecule has 20 nitrogen and oxygen atoms in total. The average Bonchev–Trinajstić information content (AvgIpc) is 1.76. The molecule has 5 saturated heterocycles. The normalized spacial score (nSPS) is 18.4. The molecule has 7 heterocycles. The van der Waals surface area contributed by atoms with Gasteiger partial charge in [0.1, 0.15) is 17.1 Å². The van der Waals surface area contributed by atoms with Crippen LogP contribution in [0.3, 0.4) is 0 Å². The Hall–Kier alpha value is -7.69. The second-order valence-electron chi connectivity index (χ2n) is 24.8. The van der Waals surface area contributed by atoms with E-state index in [-0.39, 0.29) is 35.0 Å². The Morgan fingerprint density at radius 2 is 1.11 bits per heavy atom. The van der Waals surface area contributed by atoms with Gasteiger partial charge in [-0.15, -0.1) is 0 Å². The van der Waals surface area contributed by atoms with Gasteiger partial charge in [0, 0.05) is 97.6 Å². The number of H-pyrrole nitrogens is 1. The van der Waals surface area contributed by atoms with Crippen molar-refractivity contribution in [2.45, 2.75) is 142 Å². The summed E-state index contributed by atoms with van der Waals surface area (Å²) in [5.74, 6) is 1.92. The maximum absolute atomic E-state index is 13.8. The zero-order valence-electron chi connectivity index (χ0n) is 52.0. The highest BCUT2D eigenvalue weighted by atomic mass is 79.9. The molecule has 5 aliphatic heterocycles. The highest BCUT2D eigenvalue weighted by Crippen LogP contribution is 2.43. The topological polar surface area (TPSA) is 197 Å². The molecule has 0 bridgehead atoms. The van der Waals surface area contributed by atoms with Crippen LogP contribution in [-0.4, -0.2) is 158 Å². The Kier molecular flexibility index (Phi) is 19.3. The SMILES string of the molecule is CC(C)(C)OC(=O)n1cc(B2OC(C)(C)C(C)(C)O2)cn1.CCC(=O)N1CCC2(CC1)CN(c1ccc(-c3cn[nH]c3)cc1)C(=O)N2Cc1cccc(OC)c1.CCC(=O)N1CCC2(CC1)CN(c1ccc(Br)cc1)C(=O)N2Cc1cccc(OC)c1. The Balaban J connectivity index is 0.000000161. The Labute approximate surface area is 519 Å². The fraction of sp³-hybridized carbons (Fsp3) is 0.462. The van der Waals surface area contributed by atoms with Crippen LogP contribution in [0, 0.1) is 0 Å². The molecular weight excluding hydrogens is 1170 g/mol. The third-order valence-electron chi connectivity index (χ3n) is 17.5. The number of nitrogens with one attached hydrogen (secondary N) is 1. The molecule has 2 aromatic heterocycles.